The average molecular weight is 356 g/mol. The van der Waals surface area contributed by atoms with Gasteiger partial charge in [0.15, 0.2) is 5.82 Å². The fourth-order valence-corrected chi connectivity index (χ4v) is 1.65. The van der Waals surface area contributed by atoms with Gasteiger partial charge in [0.2, 0.25) is 0 Å². The summed E-state index contributed by atoms with van der Waals surface area (Å²) in [6, 6.07) is 12.0. The molecule has 2 rings (SSSR count). The number of nitrogens with one attached hydrogen (secondary N) is 1. The number of aromatic nitrogens is 2. The Morgan fingerprint density at radius 1 is 1.04 bits per heavy atom. The molecule has 0 aliphatic heterocycles. The largest absolute Gasteiger partial charge is 0.478 e. The number of benzene rings is 1. The van der Waals surface area contributed by atoms with E-state index in [1.807, 2.05) is 57.2 Å². The molecule has 0 atom stereocenters. The number of carboxylic acids is 2. The molecule has 8 nitrogen and oxygen atoms in total. The van der Waals surface area contributed by atoms with Crippen molar-refractivity contribution in [1.82, 2.24) is 10.2 Å². The smallest absolute Gasteiger partial charge is 0.328 e. The zero-order valence-electron chi connectivity index (χ0n) is 14.7. The molecule has 0 aliphatic carbocycles. The number of aryl methyl sites for hydroxylation is 1. The van der Waals surface area contributed by atoms with Crippen LogP contribution in [0.2, 0.25) is 0 Å². The lowest BCUT2D eigenvalue weighted by Gasteiger charge is -2.06. The van der Waals surface area contributed by atoms with Crippen LogP contribution in [0.15, 0.2) is 53.7 Å². The van der Waals surface area contributed by atoms with Gasteiger partial charge in [-0.15, -0.1) is 10.2 Å². The van der Waals surface area contributed by atoms with Crippen LogP contribution in [0.5, 0.6) is 0 Å². The van der Waals surface area contributed by atoms with Crippen molar-refractivity contribution in [3.8, 4) is 11.3 Å². The fourth-order valence-electron chi connectivity index (χ4n) is 1.65. The number of carboxylic acid groups (broad SMARTS) is 2. The van der Waals surface area contributed by atoms with E-state index < -0.39 is 11.9 Å². The summed E-state index contributed by atoms with van der Waals surface area (Å²) in [5.74, 6) is -1.82. The zero-order valence-corrected chi connectivity index (χ0v) is 14.7. The summed E-state index contributed by atoms with van der Waals surface area (Å²) in [6.45, 7) is 5.84. The van der Waals surface area contributed by atoms with Crippen LogP contribution < -0.4 is 5.43 Å². The Bertz CT molecular complexity index is 797. The lowest BCUT2D eigenvalue weighted by atomic mass is 10.1. The molecule has 0 spiro atoms. The van der Waals surface area contributed by atoms with E-state index in [-0.39, 0.29) is 0 Å². The van der Waals surface area contributed by atoms with Crippen LogP contribution in [0.25, 0.3) is 11.3 Å². The Labute approximate surface area is 150 Å². The number of hydrogen-bond donors (Lipinski definition) is 3. The highest BCUT2D eigenvalue weighted by molar-refractivity contribution is 5.89. The number of nitrogens with zero attached hydrogens (tertiary/aromatic N) is 3. The molecule has 0 unspecified atom stereocenters. The first-order valence-electron chi connectivity index (χ1n) is 7.60. The molecule has 8 heteroatoms. The van der Waals surface area contributed by atoms with Gasteiger partial charge >= 0.3 is 11.9 Å². The van der Waals surface area contributed by atoms with Crippen molar-refractivity contribution >= 4 is 23.5 Å². The summed E-state index contributed by atoms with van der Waals surface area (Å²) in [5.41, 5.74) is 6.81. The highest BCUT2D eigenvalue weighted by Gasteiger charge is 2.04. The molecule has 0 amide bonds. The molecule has 2 aromatic rings. The summed E-state index contributed by atoms with van der Waals surface area (Å²) in [5, 5.41) is 28.1. The number of hydrazone groups is 1. The fraction of sp³-hybridized carbons (Fsp3) is 0.167. The summed E-state index contributed by atoms with van der Waals surface area (Å²) >= 11 is 0. The first-order valence-corrected chi connectivity index (χ1v) is 7.60. The van der Waals surface area contributed by atoms with Gasteiger partial charge in [-0.3, -0.25) is 5.43 Å². The summed E-state index contributed by atoms with van der Waals surface area (Å²) in [7, 11) is 0. The van der Waals surface area contributed by atoms with E-state index in [4.69, 9.17) is 10.2 Å². The molecule has 0 saturated carbocycles. The minimum atomic E-state index is -1.26. The predicted octanol–water partition coefficient (Wildman–Crippen LogP) is 2.97. The van der Waals surface area contributed by atoms with Crippen LogP contribution >= 0.6 is 0 Å². The lowest BCUT2D eigenvalue weighted by Crippen LogP contribution is -2.00. The van der Waals surface area contributed by atoms with E-state index in [1.165, 1.54) is 0 Å². The molecule has 1 aromatic carbocycles. The van der Waals surface area contributed by atoms with Crippen molar-refractivity contribution in [2.24, 2.45) is 5.10 Å². The van der Waals surface area contributed by atoms with Gasteiger partial charge in [-0.25, -0.2) is 9.59 Å². The number of hydrogen-bond acceptors (Lipinski definition) is 6. The van der Waals surface area contributed by atoms with E-state index in [2.05, 4.69) is 20.7 Å². The maximum Gasteiger partial charge on any atom is 0.328 e. The zero-order chi connectivity index (χ0) is 19.5. The Morgan fingerprint density at radius 3 is 2.08 bits per heavy atom. The topological polar surface area (TPSA) is 125 Å². The molecular formula is C18H20N4O4. The maximum absolute atomic E-state index is 9.55. The first kappa shape index (κ1) is 20.5. The predicted molar refractivity (Wildman–Crippen MR) is 99.0 cm³/mol. The van der Waals surface area contributed by atoms with E-state index in [1.54, 1.807) is 0 Å². The molecule has 0 bridgehead atoms. The van der Waals surface area contributed by atoms with E-state index >= 15 is 0 Å². The summed E-state index contributed by atoms with van der Waals surface area (Å²) in [4.78, 5) is 19.1. The third-order valence-electron chi connectivity index (χ3n) is 2.81. The SMILES string of the molecule is CC(C)=NNc1nnc(-c2ccccc2)cc1C.O=C(O)/C=C/C(=O)O. The molecule has 136 valence electrons. The van der Waals surface area contributed by atoms with Crippen LogP contribution in [-0.4, -0.2) is 38.1 Å². The van der Waals surface area contributed by atoms with Crippen LogP contribution in [0.3, 0.4) is 0 Å². The van der Waals surface area contributed by atoms with Crippen LogP contribution in [0.4, 0.5) is 5.82 Å². The van der Waals surface area contributed by atoms with Gasteiger partial charge in [0.1, 0.15) is 0 Å². The molecule has 1 aromatic heterocycles. The second-order valence-corrected chi connectivity index (χ2v) is 5.31. The first-order chi connectivity index (χ1) is 12.3. The molecule has 1 heterocycles. The quantitative estimate of drug-likeness (QED) is 0.427. The van der Waals surface area contributed by atoms with Crippen LogP contribution in [0.1, 0.15) is 19.4 Å². The van der Waals surface area contributed by atoms with Gasteiger partial charge in [-0.05, 0) is 32.4 Å². The highest BCUT2D eigenvalue weighted by Crippen LogP contribution is 2.19. The molecule has 0 fully saturated rings. The monoisotopic (exact) mass is 356 g/mol. The van der Waals surface area contributed by atoms with Crippen LogP contribution in [-0.2, 0) is 9.59 Å². The van der Waals surface area contributed by atoms with Crippen LogP contribution in [0, 0.1) is 6.92 Å². The van der Waals surface area contributed by atoms with Gasteiger partial charge < -0.3 is 10.2 Å². The minimum absolute atomic E-state index is 0.558. The summed E-state index contributed by atoms with van der Waals surface area (Å²) < 4.78 is 0. The number of anilines is 1. The minimum Gasteiger partial charge on any atom is -0.478 e. The standard InChI is InChI=1S/C14H16N4.C4H4O4/c1-10(2)15-17-14-11(3)9-13(16-18-14)12-7-5-4-6-8-12;5-3(6)1-2-4(7)8/h4-9H,1-3H3,(H,17,18);1-2H,(H,5,6)(H,7,8)/b;2-1+. The van der Waals surface area contributed by atoms with Crippen molar-refractivity contribution in [2.75, 3.05) is 5.43 Å². The second-order valence-electron chi connectivity index (χ2n) is 5.31. The molecule has 3 N–H and O–H groups in total. The molecular weight excluding hydrogens is 336 g/mol. The van der Waals surface area contributed by atoms with E-state index in [9.17, 15) is 9.59 Å². The van der Waals surface area contributed by atoms with Crippen molar-refractivity contribution in [3.63, 3.8) is 0 Å². The maximum atomic E-state index is 9.55. The number of rotatable bonds is 5. The Morgan fingerprint density at radius 2 is 1.62 bits per heavy atom. The number of aliphatic carboxylic acids is 2. The van der Waals surface area contributed by atoms with Crippen molar-refractivity contribution < 1.29 is 19.8 Å². The molecule has 0 aliphatic rings. The van der Waals surface area contributed by atoms with Gasteiger partial charge in [-0.2, -0.15) is 5.10 Å². The van der Waals surface area contributed by atoms with Gasteiger partial charge in [0.05, 0.1) is 5.69 Å². The van der Waals surface area contributed by atoms with Crippen molar-refractivity contribution in [1.29, 1.82) is 0 Å². The van der Waals surface area contributed by atoms with Gasteiger partial charge in [-0.1, -0.05) is 30.3 Å². The average Bonchev–Trinajstić information content (AvgIpc) is 2.60. The van der Waals surface area contributed by atoms with E-state index in [0.29, 0.717) is 18.0 Å². The lowest BCUT2D eigenvalue weighted by molar-refractivity contribution is -0.134. The molecule has 0 saturated heterocycles. The normalized spacial score (nSPS) is 9.81. The Kier molecular flexibility index (Phi) is 8.15. The molecule has 26 heavy (non-hydrogen) atoms. The number of carbonyl (C=O) groups is 2. The third kappa shape index (κ3) is 7.82. The Hall–Kier alpha value is -3.55. The summed E-state index contributed by atoms with van der Waals surface area (Å²) in [6.07, 6.45) is 1.12. The van der Waals surface area contributed by atoms with Crippen molar-refractivity contribution in [2.45, 2.75) is 20.8 Å². The van der Waals surface area contributed by atoms with E-state index in [0.717, 1.165) is 22.5 Å². The highest BCUT2D eigenvalue weighted by atomic mass is 16.4. The third-order valence-corrected chi connectivity index (χ3v) is 2.81. The molecule has 0 radical (unpaired) electrons. The van der Waals surface area contributed by atoms with Gasteiger partial charge in [0.25, 0.3) is 0 Å². The Balaban J connectivity index is 0.000000359. The second kappa shape index (κ2) is 10.3. The van der Waals surface area contributed by atoms with Gasteiger partial charge in [0, 0.05) is 23.4 Å². The van der Waals surface area contributed by atoms with Crippen molar-refractivity contribution in [3.05, 3.63) is 54.1 Å².